The van der Waals surface area contributed by atoms with E-state index in [1.807, 2.05) is 55.5 Å². The summed E-state index contributed by atoms with van der Waals surface area (Å²) in [6.07, 6.45) is 6.06. The van der Waals surface area contributed by atoms with Crippen LogP contribution in [0.4, 0.5) is 0 Å². The fraction of sp³-hybridized carbons (Fsp3) is 0.292. The van der Waals surface area contributed by atoms with Gasteiger partial charge in [0.15, 0.2) is 0 Å². The molecule has 1 heterocycles. The van der Waals surface area contributed by atoms with Gasteiger partial charge in [0.1, 0.15) is 0 Å². The minimum Gasteiger partial charge on any atom is -0.267 e. The fourth-order valence-corrected chi connectivity index (χ4v) is 4.19. The van der Waals surface area contributed by atoms with Gasteiger partial charge >= 0.3 is 0 Å². The van der Waals surface area contributed by atoms with Gasteiger partial charge in [0.25, 0.3) is 5.91 Å². The van der Waals surface area contributed by atoms with Gasteiger partial charge in [-0.2, -0.15) is 5.10 Å². The molecule has 1 amide bonds. The lowest BCUT2D eigenvalue weighted by Gasteiger charge is -2.21. The molecule has 4 rings (SSSR count). The average molecular weight is 406 g/mol. The van der Waals surface area contributed by atoms with Crippen LogP contribution in [-0.2, 0) is 0 Å². The standard InChI is InChI=1S/C24H24ClN3O/c1-16(17-9-4-2-5-10-17)27-28-24(29)20-15-22(18-11-6-3-7-12-18)26-23-19(20)13-8-14-21(23)25/h3,6-8,11-15,17H,2,4-5,9-10H2,1H3,(H,28,29). The van der Waals surface area contributed by atoms with Gasteiger partial charge in [0, 0.05) is 16.7 Å². The van der Waals surface area contributed by atoms with Crippen LogP contribution in [0.25, 0.3) is 22.2 Å². The van der Waals surface area contributed by atoms with Crippen LogP contribution < -0.4 is 5.43 Å². The van der Waals surface area contributed by atoms with Gasteiger partial charge in [-0.05, 0) is 37.8 Å². The predicted molar refractivity (Wildman–Crippen MR) is 119 cm³/mol. The van der Waals surface area contributed by atoms with Crippen LogP contribution in [0, 0.1) is 5.92 Å². The summed E-state index contributed by atoms with van der Waals surface area (Å²) in [5.74, 6) is 0.222. The normalized spacial score (nSPS) is 15.4. The highest BCUT2D eigenvalue weighted by Crippen LogP contribution is 2.29. The number of pyridine rings is 1. The second-order valence-corrected chi connectivity index (χ2v) is 7.99. The molecule has 0 unspecified atom stereocenters. The topological polar surface area (TPSA) is 54.4 Å². The second-order valence-electron chi connectivity index (χ2n) is 7.59. The summed E-state index contributed by atoms with van der Waals surface area (Å²) in [7, 11) is 0. The number of nitrogens with zero attached hydrogens (tertiary/aromatic N) is 2. The number of fused-ring (bicyclic) bond motifs is 1. The molecule has 1 saturated carbocycles. The Hall–Kier alpha value is -2.72. The van der Waals surface area contributed by atoms with Gasteiger partial charge < -0.3 is 0 Å². The lowest BCUT2D eigenvalue weighted by Crippen LogP contribution is -2.23. The molecule has 29 heavy (non-hydrogen) atoms. The third-order valence-electron chi connectivity index (χ3n) is 5.63. The van der Waals surface area contributed by atoms with Crippen molar-refractivity contribution in [2.24, 2.45) is 11.0 Å². The molecular formula is C24H24ClN3O. The van der Waals surface area contributed by atoms with Crippen molar-refractivity contribution in [3.8, 4) is 11.3 Å². The molecule has 0 radical (unpaired) electrons. The summed E-state index contributed by atoms with van der Waals surface area (Å²) in [6.45, 7) is 2.01. The van der Waals surface area contributed by atoms with Gasteiger partial charge in [0.2, 0.25) is 0 Å². The van der Waals surface area contributed by atoms with Crippen LogP contribution in [0.3, 0.4) is 0 Å². The SMILES string of the molecule is CC(=NNC(=O)c1cc(-c2ccccc2)nc2c(Cl)cccc12)C1CCCCC1. The molecule has 0 bridgehead atoms. The van der Waals surface area contributed by atoms with E-state index in [9.17, 15) is 4.79 Å². The van der Waals surface area contributed by atoms with Crippen molar-refractivity contribution in [3.05, 3.63) is 65.2 Å². The van der Waals surface area contributed by atoms with E-state index in [2.05, 4.69) is 10.5 Å². The first-order valence-corrected chi connectivity index (χ1v) is 10.5. The van der Waals surface area contributed by atoms with Crippen molar-refractivity contribution >= 4 is 34.1 Å². The molecule has 1 aromatic heterocycles. The van der Waals surface area contributed by atoms with Crippen molar-refractivity contribution in [2.45, 2.75) is 39.0 Å². The molecular weight excluding hydrogens is 382 g/mol. The number of nitrogens with one attached hydrogen (secondary N) is 1. The van der Waals surface area contributed by atoms with Gasteiger partial charge in [-0.25, -0.2) is 10.4 Å². The van der Waals surface area contributed by atoms with Crippen LogP contribution in [0.15, 0.2) is 59.7 Å². The number of halogens is 1. The Bertz CT molecular complexity index is 1060. The van der Waals surface area contributed by atoms with Crippen molar-refractivity contribution in [2.75, 3.05) is 0 Å². The molecule has 1 aliphatic rings. The molecule has 1 N–H and O–H groups in total. The van der Waals surface area contributed by atoms with E-state index >= 15 is 0 Å². The predicted octanol–water partition coefficient (Wildman–Crippen LogP) is 6.24. The molecule has 0 spiro atoms. The molecule has 4 nitrogen and oxygen atoms in total. The highest BCUT2D eigenvalue weighted by Gasteiger charge is 2.18. The monoisotopic (exact) mass is 405 g/mol. The van der Waals surface area contributed by atoms with Crippen molar-refractivity contribution in [3.63, 3.8) is 0 Å². The summed E-state index contributed by atoms with van der Waals surface area (Å²) < 4.78 is 0. The minimum atomic E-state index is -0.244. The number of benzene rings is 2. The lowest BCUT2D eigenvalue weighted by atomic mass is 9.86. The number of rotatable bonds is 4. The minimum absolute atomic E-state index is 0.244. The van der Waals surface area contributed by atoms with E-state index < -0.39 is 0 Å². The number of carbonyl (C=O) groups excluding carboxylic acids is 1. The number of hydrogen-bond donors (Lipinski definition) is 1. The quantitative estimate of drug-likeness (QED) is 0.412. The Kier molecular flexibility index (Phi) is 5.91. The smallest absolute Gasteiger partial charge is 0.267 e. The zero-order valence-electron chi connectivity index (χ0n) is 16.5. The molecule has 1 aliphatic carbocycles. The maximum absolute atomic E-state index is 13.1. The maximum atomic E-state index is 13.1. The Morgan fingerprint density at radius 1 is 1.07 bits per heavy atom. The van der Waals surface area contributed by atoms with Crippen LogP contribution in [0.2, 0.25) is 5.02 Å². The molecule has 1 fully saturated rings. The Morgan fingerprint density at radius 2 is 1.83 bits per heavy atom. The highest BCUT2D eigenvalue weighted by atomic mass is 35.5. The van der Waals surface area contributed by atoms with Crippen molar-refractivity contribution in [1.29, 1.82) is 0 Å². The van der Waals surface area contributed by atoms with E-state index in [0.717, 1.165) is 29.5 Å². The Balaban J connectivity index is 1.70. The molecule has 148 valence electrons. The van der Waals surface area contributed by atoms with Crippen LogP contribution in [0.5, 0.6) is 0 Å². The second kappa shape index (κ2) is 8.75. The largest absolute Gasteiger partial charge is 0.272 e. The van der Waals surface area contributed by atoms with Gasteiger partial charge in [-0.1, -0.05) is 73.3 Å². The van der Waals surface area contributed by atoms with Crippen molar-refractivity contribution < 1.29 is 4.79 Å². The number of carbonyl (C=O) groups is 1. The first-order valence-electron chi connectivity index (χ1n) is 10.1. The summed E-state index contributed by atoms with van der Waals surface area (Å²) in [5.41, 5.74) is 6.55. The Morgan fingerprint density at radius 3 is 2.59 bits per heavy atom. The fourth-order valence-electron chi connectivity index (χ4n) is 3.97. The Labute approximate surface area is 176 Å². The maximum Gasteiger partial charge on any atom is 0.272 e. The van der Waals surface area contributed by atoms with E-state index in [1.54, 1.807) is 6.07 Å². The van der Waals surface area contributed by atoms with E-state index in [1.165, 1.54) is 19.3 Å². The molecule has 0 saturated heterocycles. The van der Waals surface area contributed by atoms with Gasteiger partial charge in [0.05, 0.1) is 21.8 Å². The summed E-state index contributed by atoms with van der Waals surface area (Å²) in [5, 5.41) is 5.67. The number of para-hydroxylation sites is 1. The first kappa shape index (κ1) is 19.6. The molecule has 3 aromatic rings. The molecule has 2 aromatic carbocycles. The third-order valence-corrected chi connectivity index (χ3v) is 5.94. The third kappa shape index (κ3) is 4.33. The number of aromatic nitrogens is 1. The summed E-state index contributed by atoms with van der Waals surface area (Å²) in [6, 6.07) is 17.1. The molecule has 5 heteroatoms. The molecule has 0 atom stereocenters. The average Bonchev–Trinajstić information content (AvgIpc) is 2.78. The highest BCUT2D eigenvalue weighted by molar-refractivity contribution is 6.35. The summed E-state index contributed by atoms with van der Waals surface area (Å²) >= 11 is 6.40. The van der Waals surface area contributed by atoms with E-state index in [0.29, 0.717) is 27.7 Å². The van der Waals surface area contributed by atoms with Crippen molar-refractivity contribution in [1.82, 2.24) is 10.4 Å². The van der Waals surface area contributed by atoms with E-state index in [4.69, 9.17) is 16.6 Å². The number of hydrogen-bond acceptors (Lipinski definition) is 3. The first-order chi connectivity index (χ1) is 14.1. The zero-order chi connectivity index (χ0) is 20.2. The number of hydrazone groups is 1. The van der Waals surface area contributed by atoms with Gasteiger partial charge in [-0.15, -0.1) is 0 Å². The lowest BCUT2D eigenvalue weighted by molar-refractivity contribution is 0.0956. The van der Waals surface area contributed by atoms with Gasteiger partial charge in [-0.3, -0.25) is 4.79 Å². The molecule has 0 aliphatic heterocycles. The summed E-state index contributed by atoms with van der Waals surface area (Å²) in [4.78, 5) is 17.8. The van der Waals surface area contributed by atoms with E-state index in [-0.39, 0.29) is 5.91 Å². The van der Waals surface area contributed by atoms with Crippen LogP contribution in [0.1, 0.15) is 49.4 Å². The zero-order valence-corrected chi connectivity index (χ0v) is 17.2. The van der Waals surface area contributed by atoms with Crippen LogP contribution >= 0.6 is 11.6 Å². The van der Waals surface area contributed by atoms with Crippen LogP contribution in [-0.4, -0.2) is 16.6 Å². The number of amides is 1.